The Morgan fingerprint density at radius 2 is 1.82 bits per heavy atom. The van der Waals surface area contributed by atoms with Gasteiger partial charge < -0.3 is 14.4 Å². The highest BCUT2D eigenvalue weighted by molar-refractivity contribution is 6.29. The van der Waals surface area contributed by atoms with Crippen LogP contribution in [-0.2, 0) is 11.3 Å². The van der Waals surface area contributed by atoms with E-state index in [1.807, 2.05) is 23.1 Å². The number of hydrogen-bond donors (Lipinski definition) is 0. The molecular formula is C27H30ClN3O3. The molecule has 0 unspecified atom stereocenters. The molecule has 1 aliphatic rings. The fourth-order valence-electron chi connectivity index (χ4n) is 4.03. The second kappa shape index (κ2) is 11.5. The van der Waals surface area contributed by atoms with Crippen molar-refractivity contribution < 1.29 is 14.3 Å². The van der Waals surface area contributed by atoms with Crippen LogP contribution in [0.1, 0.15) is 33.2 Å². The predicted octanol–water partition coefficient (Wildman–Crippen LogP) is 4.77. The lowest BCUT2D eigenvalue weighted by atomic mass is 10.1. The number of ether oxygens (including phenoxy) is 2. The molecule has 0 saturated carbocycles. The van der Waals surface area contributed by atoms with Crippen LogP contribution in [0.3, 0.4) is 0 Å². The first kappa shape index (κ1) is 24.2. The molecule has 2 heterocycles. The molecule has 6 nitrogen and oxygen atoms in total. The summed E-state index contributed by atoms with van der Waals surface area (Å²) >= 11 is 5.85. The first-order chi connectivity index (χ1) is 16.5. The van der Waals surface area contributed by atoms with Crippen LogP contribution < -0.4 is 4.74 Å². The van der Waals surface area contributed by atoms with Crippen LogP contribution >= 0.6 is 11.6 Å². The van der Waals surface area contributed by atoms with E-state index in [0.717, 1.165) is 36.5 Å². The van der Waals surface area contributed by atoms with E-state index in [1.54, 1.807) is 19.2 Å². The number of carbonyl (C=O) groups excluding carboxylic acids is 1. The largest absolute Gasteiger partial charge is 0.497 e. The van der Waals surface area contributed by atoms with E-state index >= 15 is 0 Å². The number of carbonyl (C=O) groups is 1. The molecule has 178 valence electrons. The zero-order valence-electron chi connectivity index (χ0n) is 19.6. The fraction of sp³-hybridized carbons (Fsp3) is 0.333. The van der Waals surface area contributed by atoms with Gasteiger partial charge in [-0.15, -0.1) is 0 Å². The van der Waals surface area contributed by atoms with Gasteiger partial charge in [-0.1, -0.05) is 53.6 Å². The molecule has 1 fully saturated rings. The maximum absolute atomic E-state index is 12.8. The van der Waals surface area contributed by atoms with Crippen LogP contribution in [0.2, 0.25) is 5.15 Å². The Labute approximate surface area is 206 Å². The molecule has 7 heteroatoms. The van der Waals surface area contributed by atoms with Crippen LogP contribution in [-0.4, -0.2) is 60.5 Å². The van der Waals surface area contributed by atoms with Crippen LogP contribution in [0.25, 0.3) is 0 Å². The van der Waals surface area contributed by atoms with E-state index in [9.17, 15) is 4.79 Å². The average molecular weight is 480 g/mol. The number of aromatic nitrogens is 1. The first-order valence-electron chi connectivity index (χ1n) is 11.5. The molecule has 1 aliphatic heterocycles. The van der Waals surface area contributed by atoms with Crippen molar-refractivity contribution in [1.29, 1.82) is 0 Å². The molecule has 1 amide bonds. The maximum atomic E-state index is 12.8. The predicted molar refractivity (Wildman–Crippen MR) is 133 cm³/mol. The Kier molecular flexibility index (Phi) is 8.16. The summed E-state index contributed by atoms with van der Waals surface area (Å²) in [5.74, 6) is 0.803. The fourth-order valence-corrected chi connectivity index (χ4v) is 4.14. The van der Waals surface area contributed by atoms with Gasteiger partial charge in [0.25, 0.3) is 5.91 Å². The minimum Gasteiger partial charge on any atom is -0.497 e. The molecule has 4 rings (SSSR count). The molecule has 0 bridgehead atoms. The third-order valence-electron chi connectivity index (χ3n) is 6.10. The van der Waals surface area contributed by atoms with Crippen LogP contribution in [0.5, 0.6) is 5.75 Å². The van der Waals surface area contributed by atoms with Gasteiger partial charge in [-0.25, -0.2) is 4.98 Å². The topological polar surface area (TPSA) is 54.9 Å². The molecule has 1 aromatic heterocycles. The number of halogens is 1. The summed E-state index contributed by atoms with van der Waals surface area (Å²) in [6.07, 6.45) is 1.42. The monoisotopic (exact) mass is 479 g/mol. The van der Waals surface area contributed by atoms with E-state index in [-0.39, 0.29) is 12.0 Å². The van der Waals surface area contributed by atoms with Crippen molar-refractivity contribution in [2.75, 3.05) is 39.8 Å². The number of benzene rings is 2. The highest BCUT2D eigenvalue weighted by atomic mass is 35.5. The smallest absolute Gasteiger partial charge is 0.255 e. The third kappa shape index (κ3) is 6.35. The molecule has 0 N–H and O–H groups in total. The Morgan fingerprint density at radius 1 is 1.06 bits per heavy atom. The first-order valence-corrected chi connectivity index (χ1v) is 11.8. The van der Waals surface area contributed by atoms with Crippen molar-refractivity contribution in [2.45, 2.75) is 19.6 Å². The zero-order chi connectivity index (χ0) is 23.9. The highest BCUT2D eigenvalue weighted by Gasteiger charge is 2.25. The summed E-state index contributed by atoms with van der Waals surface area (Å²) in [7, 11) is 1.67. The number of pyridine rings is 1. The van der Waals surface area contributed by atoms with E-state index in [0.29, 0.717) is 30.4 Å². The minimum absolute atomic E-state index is 0.0104. The average Bonchev–Trinajstić information content (AvgIpc) is 2.88. The number of methoxy groups -OCH3 is 1. The van der Waals surface area contributed by atoms with Gasteiger partial charge in [0.15, 0.2) is 0 Å². The molecule has 1 saturated heterocycles. The number of amides is 1. The number of nitrogens with zero attached hydrogens (tertiary/aromatic N) is 3. The normalized spacial score (nSPS) is 15.2. The lowest BCUT2D eigenvalue weighted by Gasteiger charge is -2.36. The van der Waals surface area contributed by atoms with Gasteiger partial charge in [-0.2, -0.15) is 0 Å². The quantitative estimate of drug-likeness (QED) is 0.436. The molecule has 1 atom stereocenters. The van der Waals surface area contributed by atoms with Gasteiger partial charge in [0, 0.05) is 38.9 Å². The van der Waals surface area contributed by atoms with Crippen molar-refractivity contribution in [1.82, 2.24) is 14.8 Å². The second-order valence-electron chi connectivity index (χ2n) is 8.52. The summed E-state index contributed by atoms with van der Waals surface area (Å²) in [5, 5.41) is 0.385. The molecule has 0 aliphatic carbocycles. The van der Waals surface area contributed by atoms with E-state index < -0.39 is 0 Å². The summed E-state index contributed by atoms with van der Waals surface area (Å²) in [6, 6.07) is 19.8. The van der Waals surface area contributed by atoms with Gasteiger partial charge in [-0.3, -0.25) is 9.69 Å². The minimum atomic E-state index is -0.112. The lowest BCUT2D eigenvalue weighted by Crippen LogP contribution is -2.49. The Bertz CT molecular complexity index is 1080. The molecule has 2 aromatic carbocycles. The van der Waals surface area contributed by atoms with Crippen molar-refractivity contribution >= 4 is 17.5 Å². The summed E-state index contributed by atoms with van der Waals surface area (Å²) < 4.78 is 11.8. The Balaban J connectivity index is 1.40. The van der Waals surface area contributed by atoms with Crippen molar-refractivity contribution in [3.63, 3.8) is 0 Å². The molecule has 3 aromatic rings. The molecule has 0 spiro atoms. The van der Waals surface area contributed by atoms with Gasteiger partial charge in [0.05, 0.1) is 25.4 Å². The summed E-state index contributed by atoms with van der Waals surface area (Å²) in [6.45, 7) is 6.22. The van der Waals surface area contributed by atoms with E-state index in [1.165, 1.54) is 11.8 Å². The van der Waals surface area contributed by atoms with Crippen molar-refractivity contribution in [2.24, 2.45) is 0 Å². The van der Waals surface area contributed by atoms with Gasteiger partial charge in [0.1, 0.15) is 10.9 Å². The number of hydrogen-bond acceptors (Lipinski definition) is 5. The molecular weight excluding hydrogens is 450 g/mol. The highest BCUT2D eigenvalue weighted by Crippen LogP contribution is 2.25. The van der Waals surface area contributed by atoms with Gasteiger partial charge in [-0.05, 0) is 42.3 Å². The Hall–Kier alpha value is -2.93. The zero-order valence-corrected chi connectivity index (χ0v) is 20.4. The number of rotatable bonds is 8. The van der Waals surface area contributed by atoms with Crippen LogP contribution in [0.4, 0.5) is 0 Å². The summed E-state index contributed by atoms with van der Waals surface area (Å²) in [4.78, 5) is 21.0. The van der Waals surface area contributed by atoms with E-state index in [4.69, 9.17) is 21.1 Å². The summed E-state index contributed by atoms with van der Waals surface area (Å²) in [5.41, 5.74) is 4.02. The van der Waals surface area contributed by atoms with Crippen LogP contribution in [0.15, 0.2) is 66.9 Å². The van der Waals surface area contributed by atoms with Crippen molar-refractivity contribution in [3.05, 3.63) is 94.3 Å². The number of piperazine rings is 1. The molecule has 0 radical (unpaired) electrons. The SMILES string of the molecule is COc1cccc([C@H](CN2CCN(C(=O)c3ccc(Cl)nc3)CC2)OCc2ccc(C)cc2)c1. The lowest BCUT2D eigenvalue weighted by molar-refractivity contribution is 0.00333. The third-order valence-corrected chi connectivity index (χ3v) is 6.32. The van der Waals surface area contributed by atoms with Crippen molar-refractivity contribution in [3.8, 4) is 5.75 Å². The van der Waals surface area contributed by atoms with Crippen LogP contribution in [0, 0.1) is 6.92 Å². The Morgan fingerprint density at radius 3 is 2.50 bits per heavy atom. The standard InChI is InChI=1S/C27H30ClN3O3/c1-20-6-8-21(9-7-20)19-34-25(22-4-3-5-24(16-22)33-2)18-30-12-14-31(15-13-30)27(32)23-10-11-26(28)29-17-23/h3-11,16-17,25H,12-15,18-19H2,1-2H3/t25-/m0/s1. The number of aryl methyl sites for hydroxylation is 1. The van der Waals surface area contributed by atoms with Gasteiger partial charge in [0.2, 0.25) is 0 Å². The van der Waals surface area contributed by atoms with Gasteiger partial charge >= 0.3 is 0 Å². The maximum Gasteiger partial charge on any atom is 0.255 e. The second-order valence-corrected chi connectivity index (χ2v) is 8.91. The molecule has 34 heavy (non-hydrogen) atoms. The van der Waals surface area contributed by atoms with E-state index in [2.05, 4.69) is 47.1 Å².